The van der Waals surface area contributed by atoms with Crippen LogP contribution in [0.4, 0.5) is 0 Å². The lowest BCUT2D eigenvalue weighted by Crippen LogP contribution is -2.50. The first-order valence-electron chi connectivity index (χ1n) is 9.03. The van der Waals surface area contributed by atoms with Gasteiger partial charge in [0.15, 0.2) is 11.7 Å². The molecular weight excluding hydrogens is 290 g/mol. The maximum Gasteiger partial charge on any atom is 0.343 e. The maximum atomic E-state index is 13.0. The largest absolute Gasteiger partial charge is 0.454 e. The van der Waals surface area contributed by atoms with Gasteiger partial charge >= 0.3 is 5.97 Å². The Balaban J connectivity index is 1.79. The zero-order valence-electron chi connectivity index (χ0n) is 14.5. The van der Waals surface area contributed by atoms with E-state index in [9.17, 15) is 9.90 Å². The van der Waals surface area contributed by atoms with Gasteiger partial charge in [0.05, 0.1) is 20.6 Å². The summed E-state index contributed by atoms with van der Waals surface area (Å²) in [5.74, 6) is -0.394. The van der Waals surface area contributed by atoms with Gasteiger partial charge in [-0.15, -0.1) is 0 Å². The lowest BCUT2D eigenvalue weighted by molar-refractivity contribution is -0.879. The van der Waals surface area contributed by atoms with Gasteiger partial charge in [0, 0.05) is 12.3 Å². The Hall–Kier alpha value is -1.13. The fraction of sp³-hybridized carbons (Fsp3) is 0.737. The van der Waals surface area contributed by atoms with E-state index in [-0.39, 0.29) is 12.0 Å². The molecular formula is C19H30NO3+. The molecule has 23 heavy (non-hydrogen) atoms. The minimum atomic E-state index is -1.42. The topological polar surface area (TPSA) is 46.5 Å². The van der Waals surface area contributed by atoms with Gasteiger partial charge in [0.1, 0.15) is 6.54 Å². The quantitative estimate of drug-likeness (QED) is 0.640. The van der Waals surface area contributed by atoms with Crippen LogP contribution in [0, 0.1) is 5.92 Å². The van der Waals surface area contributed by atoms with E-state index in [4.69, 9.17) is 4.74 Å². The van der Waals surface area contributed by atoms with Crippen molar-refractivity contribution in [1.29, 1.82) is 0 Å². The van der Waals surface area contributed by atoms with Crippen molar-refractivity contribution < 1.29 is 19.1 Å². The number of carbonyl (C=O) groups excluding carboxylic acids is 1. The predicted molar refractivity (Wildman–Crippen MR) is 89.7 cm³/mol. The molecule has 4 nitrogen and oxygen atoms in total. The number of esters is 1. The first kappa shape index (κ1) is 16.7. The molecule has 0 aromatic rings. The summed E-state index contributed by atoms with van der Waals surface area (Å²) in [6.07, 6.45) is 12.5. The fourth-order valence-corrected chi connectivity index (χ4v) is 4.39. The van der Waals surface area contributed by atoms with Gasteiger partial charge in [-0.1, -0.05) is 31.1 Å². The predicted octanol–water partition coefficient (Wildman–Crippen LogP) is 2.58. The first-order chi connectivity index (χ1) is 10.9. The van der Waals surface area contributed by atoms with Gasteiger partial charge in [0.25, 0.3) is 0 Å². The molecule has 128 valence electrons. The normalized spacial score (nSPS) is 30.0. The molecule has 2 atom stereocenters. The molecule has 2 unspecified atom stereocenters. The number of likely N-dealkylation sites (N-methyl/N-ethyl adjacent to an activating group) is 1. The Bertz CT molecular complexity index is 517. The van der Waals surface area contributed by atoms with Crippen molar-refractivity contribution in [3.8, 4) is 0 Å². The second-order valence-electron chi connectivity index (χ2n) is 8.06. The number of likely N-dealkylation sites (tertiary alicyclic amines) is 1. The third-order valence-electron chi connectivity index (χ3n) is 5.79. The van der Waals surface area contributed by atoms with Crippen LogP contribution in [0.15, 0.2) is 23.8 Å². The number of nitrogens with zero attached hydrogens (tertiary/aromatic N) is 1. The van der Waals surface area contributed by atoms with Crippen LogP contribution >= 0.6 is 0 Å². The molecule has 0 amide bonds. The van der Waals surface area contributed by atoms with Gasteiger partial charge in [-0.05, 0) is 31.3 Å². The number of allylic oxidation sites excluding steroid dienone is 3. The molecule has 0 aromatic heterocycles. The average molecular weight is 320 g/mol. The highest BCUT2D eigenvalue weighted by Crippen LogP contribution is 2.42. The van der Waals surface area contributed by atoms with Gasteiger partial charge in [-0.3, -0.25) is 0 Å². The SMILES string of the molecule is C[N+]1(C)CCC(OC(=O)C(O)(C2=CC=CCC2)C2CCCC2)C1. The van der Waals surface area contributed by atoms with Crippen molar-refractivity contribution in [2.24, 2.45) is 5.92 Å². The van der Waals surface area contributed by atoms with Crippen molar-refractivity contribution >= 4 is 5.97 Å². The molecule has 0 spiro atoms. The second kappa shape index (κ2) is 6.40. The fourth-order valence-electron chi connectivity index (χ4n) is 4.39. The third kappa shape index (κ3) is 3.38. The molecule has 4 heteroatoms. The van der Waals surface area contributed by atoms with Crippen LogP contribution < -0.4 is 0 Å². The monoisotopic (exact) mass is 320 g/mol. The van der Waals surface area contributed by atoms with Crippen molar-refractivity contribution in [3.63, 3.8) is 0 Å². The zero-order valence-corrected chi connectivity index (χ0v) is 14.5. The Kier molecular flexibility index (Phi) is 4.65. The number of aliphatic hydroxyl groups is 1. The van der Waals surface area contributed by atoms with Crippen molar-refractivity contribution in [2.45, 2.75) is 56.7 Å². The van der Waals surface area contributed by atoms with Gasteiger partial charge in [0.2, 0.25) is 0 Å². The summed E-state index contributed by atoms with van der Waals surface area (Å²) in [5, 5.41) is 11.4. The van der Waals surface area contributed by atoms with Gasteiger partial charge in [-0.2, -0.15) is 0 Å². The van der Waals surface area contributed by atoms with E-state index in [1.54, 1.807) is 0 Å². The molecule has 0 aromatic carbocycles. The summed E-state index contributed by atoms with van der Waals surface area (Å²) in [7, 11) is 4.32. The standard InChI is InChI=1S/C19H30NO3/c1-20(2)13-12-17(14-20)23-18(21)19(22,16-10-6-7-11-16)15-8-4-3-5-9-15/h3-4,8,16-17,22H,5-7,9-14H2,1-2H3/q+1. The van der Waals surface area contributed by atoms with Crippen LogP contribution in [0.2, 0.25) is 0 Å². The molecule has 3 aliphatic rings. The number of quaternary nitrogens is 1. The second-order valence-corrected chi connectivity index (χ2v) is 8.06. The Morgan fingerprint density at radius 1 is 1.30 bits per heavy atom. The molecule has 3 rings (SSSR count). The smallest absolute Gasteiger partial charge is 0.343 e. The first-order valence-corrected chi connectivity index (χ1v) is 9.03. The Labute approximate surface area is 139 Å². The molecule has 1 aliphatic heterocycles. The molecule has 1 heterocycles. The molecule has 0 radical (unpaired) electrons. The van der Waals surface area contributed by atoms with E-state index in [2.05, 4.69) is 20.2 Å². The van der Waals surface area contributed by atoms with E-state index < -0.39 is 11.6 Å². The van der Waals surface area contributed by atoms with Crippen LogP contribution in [0.25, 0.3) is 0 Å². The van der Waals surface area contributed by atoms with E-state index >= 15 is 0 Å². The molecule has 1 saturated carbocycles. The van der Waals surface area contributed by atoms with Crippen molar-refractivity contribution in [1.82, 2.24) is 0 Å². The van der Waals surface area contributed by atoms with E-state index in [0.717, 1.165) is 68.1 Å². The lowest BCUT2D eigenvalue weighted by atomic mass is 9.77. The zero-order chi connectivity index (χ0) is 16.5. The average Bonchev–Trinajstić information content (AvgIpc) is 3.17. The highest BCUT2D eigenvalue weighted by Gasteiger charge is 2.50. The minimum Gasteiger partial charge on any atom is -0.454 e. The third-order valence-corrected chi connectivity index (χ3v) is 5.79. The summed E-state index contributed by atoms with van der Waals surface area (Å²) in [5.41, 5.74) is -0.565. The lowest BCUT2D eigenvalue weighted by Gasteiger charge is -2.35. The Morgan fingerprint density at radius 3 is 2.61 bits per heavy atom. The number of hydrogen-bond acceptors (Lipinski definition) is 3. The van der Waals surface area contributed by atoms with Crippen LogP contribution in [0.1, 0.15) is 44.9 Å². The highest BCUT2D eigenvalue weighted by atomic mass is 16.6. The Morgan fingerprint density at radius 2 is 2.04 bits per heavy atom. The minimum absolute atomic E-state index is 0.0108. The number of rotatable bonds is 4. The van der Waals surface area contributed by atoms with Crippen LogP contribution in [0.3, 0.4) is 0 Å². The van der Waals surface area contributed by atoms with E-state index in [1.165, 1.54) is 0 Å². The molecule has 2 aliphatic carbocycles. The van der Waals surface area contributed by atoms with Gasteiger partial charge < -0.3 is 14.3 Å². The van der Waals surface area contributed by atoms with Crippen molar-refractivity contribution in [2.75, 3.05) is 27.2 Å². The van der Waals surface area contributed by atoms with Crippen LogP contribution in [-0.2, 0) is 9.53 Å². The summed E-state index contributed by atoms with van der Waals surface area (Å²) >= 11 is 0. The summed E-state index contributed by atoms with van der Waals surface area (Å²) < 4.78 is 6.69. The molecule has 0 bridgehead atoms. The number of hydrogen-bond donors (Lipinski definition) is 1. The van der Waals surface area contributed by atoms with Crippen LogP contribution in [-0.4, -0.2) is 54.4 Å². The molecule has 2 fully saturated rings. The summed E-state index contributed by atoms with van der Waals surface area (Å²) in [4.78, 5) is 13.0. The summed E-state index contributed by atoms with van der Waals surface area (Å²) in [6.45, 7) is 1.86. The van der Waals surface area contributed by atoms with E-state index in [0.29, 0.717) is 0 Å². The number of carbonyl (C=O) groups is 1. The maximum absolute atomic E-state index is 13.0. The van der Waals surface area contributed by atoms with Gasteiger partial charge in [-0.25, -0.2) is 4.79 Å². The van der Waals surface area contributed by atoms with Crippen molar-refractivity contribution in [3.05, 3.63) is 23.8 Å². The van der Waals surface area contributed by atoms with Crippen LogP contribution in [0.5, 0.6) is 0 Å². The molecule has 1 saturated heterocycles. The number of ether oxygens (including phenoxy) is 1. The molecule has 1 N–H and O–H groups in total. The summed E-state index contributed by atoms with van der Waals surface area (Å²) in [6, 6.07) is 0. The highest BCUT2D eigenvalue weighted by molar-refractivity contribution is 5.84. The van der Waals surface area contributed by atoms with E-state index in [1.807, 2.05) is 12.2 Å².